The molecule has 0 unspecified atom stereocenters. The minimum absolute atomic E-state index is 0.360. The van der Waals surface area contributed by atoms with Crippen molar-refractivity contribution in [3.63, 3.8) is 0 Å². The summed E-state index contributed by atoms with van der Waals surface area (Å²) in [6, 6.07) is 0. The Hall–Kier alpha value is -3.36. The van der Waals surface area contributed by atoms with Gasteiger partial charge in [-0.25, -0.2) is 0 Å². The molecule has 1 aliphatic rings. The summed E-state index contributed by atoms with van der Waals surface area (Å²) < 4.78 is 0. The van der Waals surface area contributed by atoms with Gasteiger partial charge in [0.15, 0.2) is 0 Å². The van der Waals surface area contributed by atoms with Crippen molar-refractivity contribution < 1.29 is 9.59 Å². The SMILES string of the molecule is C#CC(=O)/C=C\C=C\C1=CC=CC=C(/C=C/C=C\C(=O)C#C)C1. The van der Waals surface area contributed by atoms with E-state index in [1.807, 2.05) is 48.3 Å². The second-order valence-corrected chi connectivity index (χ2v) is 4.50. The summed E-state index contributed by atoms with van der Waals surface area (Å²) in [5, 5.41) is 0. The lowest BCUT2D eigenvalue weighted by atomic mass is 10.0. The third kappa shape index (κ3) is 7.85. The quantitative estimate of drug-likeness (QED) is 0.326. The third-order valence-corrected chi connectivity index (χ3v) is 2.76. The van der Waals surface area contributed by atoms with Crippen LogP contribution in [0.15, 0.2) is 84.1 Å². The first-order chi connectivity index (χ1) is 11.2. The van der Waals surface area contributed by atoms with Gasteiger partial charge in [-0.2, -0.15) is 0 Å². The average molecular weight is 300 g/mol. The van der Waals surface area contributed by atoms with Gasteiger partial charge in [-0.1, -0.05) is 60.8 Å². The molecule has 0 spiro atoms. The number of hydrogen-bond donors (Lipinski definition) is 0. The Morgan fingerprint density at radius 3 is 1.65 bits per heavy atom. The van der Waals surface area contributed by atoms with Crippen LogP contribution in [0.1, 0.15) is 6.42 Å². The third-order valence-electron chi connectivity index (χ3n) is 2.76. The average Bonchev–Trinajstić information content (AvgIpc) is 2.80. The molecule has 1 rings (SSSR count). The van der Waals surface area contributed by atoms with Crippen molar-refractivity contribution in [1.82, 2.24) is 0 Å². The van der Waals surface area contributed by atoms with Gasteiger partial charge in [0, 0.05) is 0 Å². The van der Waals surface area contributed by atoms with Crippen molar-refractivity contribution in [3.8, 4) is 24.7 Å². The molecule has 0 heterocycles. The zero-order valence-corrected chi connectivity index (χ0v) is 12.6. The molecule has 0 N–H and O–H groups in total. The second kappa shape index (κ2) is 10.4. The normalized spacial score (nSPS) is 14.7. The van der Waals surface area contributed by atoms with Crippen LogP contribution in [-0.4, -0.2) is 11.6 Å². The first-order valence-electron chi connectivity index (χ1n) is 6.92. The highest BCUT2D eigenvalue weighted by atomic mass is 16.1. The van der Waals surface area contributed by atoms with Gasteiger partial charge in [-0.3, -0.25) is 9.59 Å². The highest BCUT2D eigenvalue weighted by Gasteiger charge is 1.98. The Bertz CT molecular complexity index is 685. The van der Waals surface area contributed by atoms with Crippen molar-refractivity contribution in [2.45, 2.75) is 6.42 Å². The Balaban J connectivity index is 2.66. The predicted molar refractivity (Wildman–Crippen MR) is 94.2 cm³/mol. The van der Waals surface area contributed by atoms with Crippen LogP contribution in [0, 0.1) is 24.7 Å². The van der Waals surface area contributed by atoms with E-state index in [0.29, 0.717) is 0 Å². The zero-order chi connectivity index (χ0) is 16.9. The van der Waals surface area contributed by atoms with Gasteiger partial charge in [0.2, 0.25) is 11.6 Å². The molecule has 0 aromatic rings. The number of ketones is 2. The fourth-order valence-corrected chi connectivity index (χ4v) is 1.68. The minimum Gasteiger partial charge on any atom is -0.280 e. The molecular weight excluding hydrogens is 284 g/mol. The molecule has 23 heavy (non-hydrogen) atoms. The Labute approximate surface area is 137 Å². The molecule has 112 valence electrons. The molecular formula is C21H16O2. The fraction of sp³-hybridized carbons (Fsp3) is 0.0476. The summed E-state index contributed by atoms with van der Waals surface area (Å²) in [5.41, 5.74) is 2.16. The number of allylic oxidation sites excluding steroid dienone is 14. The van der Waals surface area contributed by atoms with E-state index in [0.717, 1.165) is 17.6 Å². The molecule has 0 aliphatic heterocycles. The molecule has 0 radical (unpaired) electrons. The molecule has 0 saturated carbocycles. The van der Waals surface area contributed by atoms with Crippen LogP contribution in [0.5, 0.6) is 0 Å². The van der Waals surface area contributed by atoms with Gasteiger partial charge < -0.3 is 0 Å². The van der Waals surface area contributed by atoms with Gasteiger partial charge >= 0.3 is 0 Å². The summed E-state index contributed by atoms with van der Waals surface area (Å²) in [6.45, 7) is 0. The molecule has 0 saturated heterocycles. The first-order valence-corrected chi connectivity index (χ1v) is 6.92. The molecule has 0 aromatic heterocycles. The van der Waals surface area contributed by atoms with Crippen LogP contribution >= 0.6 is 0 Å². The highest BCUT2D eigenvalue weighted by Crippen LogP contribution is 2.17. The van der Waals surface area contributed by atoms with Gasteiger partial charge in [-0.15, -0.1) is 12.8 Å². The Kier molecular flexibility index (Phi) is 7.98. The molecule has 0 amide bonds. The summed E-state index contributed by atoms with van der Waals surface area (Å²) in [5.74, 6) is 3.31. The van der Waals surface area contributed by atoms with Crippen LogP contribution < -0.4 is 0 Å². The Morgan fingerprint density at radius 2 is 1.26 bits per heavy atom. The maximum atomic E-state index is 10.9. The van der Waals surface area contributed by atoms with E-state index in [2.05, 4.69) is 0 Å². The van der Waals surface area contributed by atoms with Crippen LogP contribution in [0.2, 0.25) is 0 Å². The maximum absolute atomic E-state index is 10.9. The highest BCUT2D eigenvalue weighted by molar-refractivity contribution is 6.04. The van der Waals surface area contributed by atoms with Gasteiger partial charge in [0.05, 0.1) is 0 Å². The van der Waals surface area contributed by atoms with Gasteiger partial charge in [-0.05, 0) is 41.6 Å². The summed E-state index contributed by atoms with van der Waals surface area (Å²) in [4.78, 5) is 21.9. The second-order valence-electron chi connectivity index (χ2n) is 4.50. The largest absolute Gasteiger partial charge is 0.280 e. The number of hydrogen-bond acceptors (Lipinski definition) is 2. The molecule has 0 atom stereocenters. The maximum Gasteiger partial charge on any atom is 0.228 e. The van der Waals surface area contributed by atoms with Crippen LogP contribution in [0.25, 0.3) is 0 Å². The molecule has 0 bridgehead atoms. The number of carbonyl (C=O) groups excluding carboxylic acids is 2. The van der Waals surface area contributed by atoms with Crippen molar-refractivity contribution in [1.29, 1.82) is 0 Å². The standard InChI is InChI=1S/C21H16O2/c1-3-20(22)15-9-7-13-18-11-5-6-12-19(17-18)14-8-10-16-21(23)4-2/h1-2,5-16H,17H2/b13-7+,14-8+,15-9-,16-10-. The zero-order valence-electron chi connectivity index (χ0n) is 12.6. The number of terminal acetylenes is 2. The number of carbonyl (C=O) groups is 2. The molecule has 0 aromatic carbocycles. The van der Waals surface area contributed by atoms with E-state index >= 15 is 0 Å². The smallest absolute Gasteiger partial charge is 0.228 e. The van der Waals surface area contributed by atoms with Crippen LogP contribution in [-0.2, 0) is 9.59 Å². The Morgan fingerprint density at radius 1 is 0.826 bits per heavy atom. The van der Waals surface area contributed by atoms with E-state index < -0.39 is 0 Å². The summed E-state index contributed by atoms with van der Waals surface area (Å²) in [6.07, 6.45) is 31.8. The van der Waals surface area contributed by atoms with Crippen molar-refractivity contribution in [2.75, 3.05) is 0 Å². The lowest BCUT2D eigenvalue weighted by Crippen LogP contribution is -1.84. The summed E-state index contributed by atoms with van der Waals surface area (Å²) in [7, 11) is 0. The lowest BCUT2D eigenvalue weighted by Gasteiger charge is -2.00. The van der Waals surface area contributed by atoms with Crippen molar-refractivity contribution in [2.24, 2.45) is 0 Å². The monoisotopic (exact) mass is 300 g/mol. The summed E-state index contributed by atoms with van der Waals surface area (Å²) >= 11 is 0. The van der Waals surface area contributed by atoms with Crippen LogP contribution in [0.3, 0.4) is 0 Å². The van der Waals surface area contributed by atoms with E-state index in [1.165, 1.54) is 12.2 Å². The number of rotatable bonds is 6. The predicted octanol–water partition coefficient (Wildman–Crippen LogP) is 3.43. The first kappa shape index (κ1) is 17.7. The van der Waals surface area contributed by atoms with Crippen molar-refractivity contribution >= 4 is 11.6 Å². The van der Waals surface area contributed by atoms with E-state index in [-0.39, 0.29) is 11.6 Å². The lowest BCUT2D eigenvalue weighted by molar-refractivity contribution is -0.110. The fourth-order valence-electron chi connectivity index (χ4n) is 1.68. The van der Waals surface area contributed by atoms with Crippen molar-refractivity contribution in [3.05, 3.63) is 84.1 Å². The van der Waals surface area contributed by atoms with E-state index in [1.54, 1.807) is 24.3 Å². The van der Waals surface area contributed by atoms with E-state index in [4.69, 9.17) is 12.8 Å². The molecule has 0 fully saturated rings. The topological polar surface area (TPSA) is 34.1 Å². The minimum atomic E-state index is -0.360. The van der Waals surface area contributed by atoms with Crippen LogP contribution in [0.4, 0.5) is 0 Å². The van der Waals surface area contributed by atoms with Gasteiger partial charge in [0.1, 0.15) is 0 Å². The van der Waals surface area contributed by atoms with E-state index in [9.17, 15) is 9.59 Å². The molecule has 1 aliphatic carbocycles. The molecule has 2 nitrogen and oxygen atoms in total. The van der Waals surface area contributed by atoms with Gasteiger partial charge in [0.25, 0.3) is 0 Å². The molecule has 2 heteroatoms.